The van der Waals surface area contributed by atoms with Gasteiger partial charge in [-0.2, -0.15) is 0 Å². The van der Waals surface area contributed by atoms with Crippen LogP contribution in [0.25, 0.3) is 4.91 Å². The third-order valence-electron chi connectivity index (χ3n) is 4.28. The molecule has 0 unspecified atom stereocenters. The molecule has 0 amide bonds. The SMILES string of the molecule is CC1(C)CC2=C(Sc3cc(OC(F)(F)F)ccc3N2)c2nc(Cl)ncc21. The lowest BCUT2D eigenvalue weighted by Gasteiger charge is -2.37. The van der Waals surface area contributed by atoms with Crippen LogP contribution in [-0.4, -0.2) is 16.3 Å². The Morgan fingerprint density at radius 3 is 2.81 bits per heavy atom. The van der Waals surface area contributed by atoms with Gasteiger partial charge in [0.25, 0.3) is 0 Å². The summed E-state index contributed by atoms with van der Waals surface area (Å²) >= 11 is 7.33. The quantitative estimate of drug-likeness (QED) is 0.633. The number of fused-ring (bicyclic) bond motifs is 3. The Labute approximate surface area is 156 Å². The monoisotopic (exact) mass is 399 g/mol. The lowest BCUT2D eigenvalue weighted by atomic mass is 9.76. The number of nitrogens with zero attached hydrogens (tertiary/aromatic N) is 2. The number of halogens is 4. The van der Waals surface area contributed by atoms with Crippen LogP contribution in [0.5, 0.6) is 5.75 Å². The second kappa shape index (κ2) is 5.79. The van der Waals surface area contributed by atoms with Crippen molar-refractivity contribution < 1.29 is 17.9 Å². The first-order valence-corrected chi connectivity index (χ1v) is 8.93. The van der Waals surface area contributed by atoms with Crippen LogP contribution >= 0.6 is 23.4 Å². The second-order valence-corrected chi connectivity index (χ2v) is 8.09. The zero-order valence-corrected chi connectivity index (χ0v) is 15.3. The van der Waals surface area contributed by atoms with Crippen LogP contribution in [0.4, 0.5) is 18.9 Å². The zero-order valence-electron chi connectivity index (χ0n) is 13.7. The summed E-state index contributed by atoms with van der Waals surface area (Å²) in [6.07, 6.45) is -2.28. The summed E-state index contributed by atoms with van der Waals surface area (Å²) in [6.45, 7) is 4.18. The van der Waals surface area contributed by atoms with Crippen LogP contribution in [0.1, 0.15) is 31.5 Å². The first-order valence-electron chi connectivity index (χ1n) is 7.74. The normalized spacial score (nSPS) is 17.8. The number of anilines is 1. The molecule has 1 aliphatic heterocycles. The molecule has 0 saturated carbocycles. The molecule has 4 rings (SSSR count). The smallest absolute Gasteiger partial charge is 0.406 e. The lowest BCUT2D eigenvalue weighted by molar-refractivity contribution is -0.274. The van der Waals surface area contributed by atoms with Gasteiger partial charge in [-0.3, -0.25) is 0 Å². The highest BCUT2D eigenvalue weighted by Gasteiger charge is 2.37. The molecule has 2 aliphatic rings. The zero-order chi connectivity index (χ0) is 18.7. The second-order valence-electron chi connectivity index (χ2n) is 6.70. The molecular weight excluding hydrogens is 387 g/mol. The van der Waals surface area contributed by atoms with Crippen molar-refractivity contribution in [3.8, 4) is 5.75 Å². The highest BCUT2D eigenvalue weighted by atomic mass is 35.5. The highest BCUT2D eigenvalue weighted by molar-refractivity contribution is 8.08. The van der Waals surface area contributed by atoms with Crippen molar-refractivity contribution in [1.82, 2.24) is 9.97 Å². The van der Waals surface area contributed by atoms with Gasteiger partial charge in [0.2, 0.25) is 5.28 Å². The fourth-order valence-electron chi connectivity index (χ4n) is 3.16. The fourth-order valence-corrected chi connectivity index (χ4v) is 4.42. The van der Waals surface area contributed by atoms with Crippen LogP contribution in [0.3, 0.4) is 0 Å². The Kier molecular flexibility index (Phi) is 3.89. The maximum Gasteiger partial charge on any atom is 0.573 e. The molecule has 9 heteroatoms. The summed E-state index contributed by atoms with van der Waals surface area (Å²) in [6, 6.07) is 4.25. The summed E-state index contributed by atoms with van der Waals surface area (Å²) in [4.78, 5) is 9.93. The number of hydrogen-bond acceptors (Lipinski definition) is 5. The molecule has 1 aromatic heterocycles. The molecule has 26 heavy (non-hydrogen) atoms. The van der Waals surface area contributed by atoms with E-state index in [0.29, 0.717) is 10.6 Å². The maximum atomic E-state index is 12.5. The molecule has 0 bridgehead atoms. The minimum atomic E-state index is -4.73. The van der Waals surface area contributed by atoms with Gasteiger partial charge in [0.05, 0.1) is 16.3 Å². The number of nitrogens with one attached hydrogen (secondary N) is 1. The van der Waals surface area contributed by atoms with Gasteiger partial charge < -0.3 is 10.1 Å². The Morgan fingerprint density at radius 2 is 2.08 bits per heavy atom. The molecule has 0 spiro atoms. The third kappa shape index (κ3) is 3.12. The number of hydrogen-bond donors (Lipinski definition) is 1. The third-order valence-corrected chi connectivity index (χ3v) is 5.66. The van der Waals surface area contributed by atoms with Gasteiger partial charge in [0, 0.05) is 22.4 Å². The number of benzene rings is 1. The number of thioether (sulfide) groups is 1. The number of alkyl halides is 3. The molecule has 1 aliphatic carbocycles. The van der Waals surface area contributed by atoms with E-state index in [1.807, 2.05) is 0 Å². The van der Waals surface area contributed by atoms with E-state index in [-0.39, 0.29) is 16.4 Å². The summed E-state index contributed by atoms with van der Waals surface area (Å²) in [7, 11) is 0. The molecule has 4 nitrogen and oxygen atoms in total. The van der Waals surface area contributed by atoms with E-state index >= 15 is 0 Å². The minimum Gasteiger partial charge on any atom is -0.406 e. The average molecular weight is 400 g/mol. The first-order chi connectivity index (χ1) is 12.1. The number of aromatic nitrogens is 2. The van der Waals surface area contributed by atoms with Crippen molar-refractivity contribution in [3.63, 3.8) is 0 Å². The predicted octanol–water partition coefficient (Wildman–Crippen LogP) is 5.60. The topological polar surface area (TPSA) is 47.0 Å². The van der Waals surface area contributed by atoms with Crippen molar-refractivity contribution in [1.29, 1.82) is 0 Å². The Balaban J connectivity index is 1.76. The van der Waals surface area contributed by atoms with Crippen molar-refractivity contribution in [3.05, 3.63) is 46.6 Å². The van der Waals surface area contributed by atoms with Gasteiger partial charge >= 0.3 is 6.36 Å². The minimum absolute atomic E-state index is 0.133. The van der Waals surface area contributed by atoms with E-state index in [2.05, 4.69) is 33.9 Å². The fraction of sp³-hybridized carbons (Fsp3) is 0.294. The molecule has 0 radical (unpaired) electrons. The Bertz CT molecular complexity index is 943. The number of allylic oxidation sites excluding steroid dienone is 1. The molecule has 0 fully saturated rings. The molecule has 1 aromatic carbocycles. The maximum absolute atomic E-state index is 12.5. The molecule has 0 saturated heterocycles. The van der Waals surface area contributed by atoms with E-state index in [9.17, 15) is 13.2 Å². The van der Waals surface area contributed by atoms with Gasteiger partial charge in [0.1, 0.15) is 5.75 Å². The summed E-state index contributed by atoms with van der Waals surface area (Å²) < 4.78 is 41.5. The van der Waals surface area contributed by atoms with Gasteiger partial charge in [-0.15, -0.1) is 13.2 Å². The molecule has 136 valence electrons. The van der Waals surface area contributed by atoms with Crippen LogP contribution in [0.2, 0.25) is 5.28 Å². The Hall–Kier alpha value is -1.93. The lowest BCUT2D eigenvalue weighted by Crippen LogP contribution is -2.28. The molecular formula is C17H13ClF3N3OS. The van der Waals surface area contributed by atoms with Crippen molar-refractivity contribution >= 4 is 34.0 Å². The van der Waals surface area contributed by atoms with E-state index in [0.717, 1.165) is 28.3 Å². The van der Waals surface area contributed by atoms with Gasteiger partial charge in [-0.05, 0) is 41.6 Å². The Morgan fingerprint density at radius 1 is 1.31 bits per heavy atom. The summed E-state index contributed by atoms with van der Waals surface area (Å²) in [5.41, 5.74) is 3.19. The first kappa shape index (κ1) is 17.5. The number of ether oxygens (including phenoxy) is 1. The summed E-state index contributed by atoms with van der Waals surface area (Å²) in [5, 5.41) is 3.46. The van der Waals surface area contributed by atoms with E-state index < -0.39 is 6.36 Å². The van der Waals surface area contributed by atoms with Crippen LogP contribution in [-0.2, 0) is 5.41 Å². The predicted molar refractivity (Wildman–Crippen MR) is 94.2 cm³/mol. The van der Waals surface area contributed by atoms with E-state index in [1.165, 1.54) is 23.9 Å². The summed E-state index contributed by atoms with van der Waals surface area (Å²) in [5.74, 6) is -0.258. The molecule has 2 aromatic rings. The number of rotatable bonds is 1. The standard InChI is InChI=1S/C17H13ClF3N3OS/c1-16(2)6-11-14(13-9(16)7-22-15(18)24-13)26-12-5-8(25-17(19,20)21)3-4-10(12)23-11/h3-5,7,23H,6H2,1-2H3. The van der Waals surface area contributed by atoms with Crippen LogP contribution < -0.4 is 10.1 Å². The molecule has 1 N–H and O–H groups in total. The average Bonchev–Trinajstić information content (AvgIpc) is 2.51. The largest absolute Gasteiger partial charge is 0.573 e. The van der Waals surface area contributed by atoms with Gasteiger partial charge in [-0.25, -0.2) is 9.97 Å². The van der Waals surface area contributed by atoms with Crippen molar-refractivity contribution in [2.24, 2.45) is 0 Å². The molecule has 0 atom stereocenters. The van der Waals surface area contributed by atoms with Gasteiger partial charge in [0.15, 0.2) is 0 Å². The van der Waals surface area contributed by atoms with Gasteiger partial charge in [-0.1, -0.05) is 25.6 Å². The van der Waals surface area contributed by atoms with Crippen LogP contribution in [0.15, 0.2) is 35.0 Å². The van der Waals surface area contributed by atoms with Crippen molar-refractivity contribution in [2.45, 2.75) is 36.9 Å². The van der Waals surface area contributed by atoms with Crippen LogP contribution in [0, 0.1) is 0 Å². The highest BCUT2D eigenvalue weighted by Crippen LogP contribution is 2.52. The van der Waals surface area contributed by atoms with E-state index in [1.54, 1.807) is 12.3 Å². The molecule has 2 heterocycles. The van der Waals surface area contributed by atoms with Crippen molar-refractivity contribution in [2.75, 3.05) is 5.32 Å². The van der Waals surface area contributed by atoms with E-state index in [4.69, 9.17) is 11.6 Å².